The average molecular weight is 347 g/mol. The fourth-order valence-electron chi connectivity index (χ4n) is 2.54. The van der Waals surface area contributed by atoms with Gasteiger partial charge >= 0.3 is 0 Å². The van der Waals surface area contributed by atoms with Gasteiger partial charge in [0.1, 0.15) is 5.75 Å². The predicted molar refractivity (Wildman–Crippen MR) is 97.4 cm³/mol. The molecule has 2 aromatic rings. The van der Waals surface area contributed by atoms with Gasteiger partial charge in [0.15, 0.2) is 0 Å². The van der Waals surface area contributed by atoms with Gasteiger partial charge in [0.25, 0.3) is 0 Å². The normalized spacial score (nSPS) is 10.7. The molecule has 0 atom stereocenters. The molecule has 0 bridgehead atoms. The molecule has 0 aromatic heterocycles. The Labute approximate surface area is 148 Å². The zero-order valence-electron chi connectivity index (χ0n) is 14.3. The van der Waals surface area contributed by atoms with Crippen LogP contribution in [-0.2, 0) is 24.3 Å². The number of carbonyl (C=O) groups excluding carboxylic acids is 1. The minimum atomic E-state index is -0.0600. The quantitative estimate of drug-likeness (QED) is 0.836. The Morgan fingerprint density at radius 1 is 1.12 bits per heavy atom. The lowest BCUT2D eigenvalue weighted by atomic mass is 10.1. The molecule has 2 rings (SSSR count). The van der Waals surface area contributed by atoms with E-state index >= 15 is 0 Å². The largest absolute Gasteiger partial charge is 0.496 e. The minimum Gasteiger partial charge on any atom is -0.496 e. The molecule has 0 heterocycles. The number of carbonyl (C=O) groups is 1. The Hall–Kier alpha value is -2.04. The van der Waals surface area contributed by atoms with Crippen molar-refractivity contribution in [2.75, 3.05) is 21.2 Å². The third kappa shape index (κ3) is 5.25. The van der Waals surface area contributed by atoms with Crippen LogP contribution in [0.3, 0.4) is 0 Å². The summed E-state index contributed by atoms with van der Waals surface area (Å²) in [5.74, 6) is 0.609. The number of hydrogen-bond donors (Lipinski definition) is 1. The Kier molecular flexibility index (Phi) is 6.64. The Bertz CT molecular complexity index is 702. The van der Waals surface area contributed by atoms with E-state index in [1.807, 2.05) is 32.3 Å². The first kappa shape index (κ1) is 18.3. The molecule has 0 radical (unpaired) electrons. The van der Waals surface area contributed by atoms with Gasteiger partial charge in [0, 0.05) is 23.7 Å². The van der Waals surface area contributed by atoms with Crippen molar-refractivity contribution in [2.24, 2.45) is 0 Å². The van der Waals surface area contributed by atoms with Crippen molar-refractivity contribution in [3.63, 3.8) is 0 Å². The molecule has 5 heteroatoms. The van der Waals surface area contributed by atoms with E-state index in [1.165, 1.54) is 5.56 Å². The zero-order chi connectivity index (χ0) is 17.5. The molecule has 4 nitrogen and oxygen atoms in total. The number of methoxy groups -OCH3 is 1. The SMILES string of the molecule is COc1ccc(Cl)cc1CC(=O)NCc1ccccc1CN(C)C. The maximum absolute atomic E-state index is 12.3. The highest BCUT2D eigenvalue weighted by atomic mass is 35.5. The lowest BCUT2D eigenvalue weighted by molar-refractivity contribution is -0.120. The van der Waals surface area contributed by atoms with Gasteiger partial charge in [0.05, 0.1) is 13.5 Å². The van der Waals surface area contributed by atoms with Crippen molar-refractivity contribution in [1.82, 2.24) is 10.2 Å². The van der Waals surface area contributed by atoms with E-state index in [9.17, 15) is 4.79 Å². The van der Waals surface area contributed by atoms with Gasteiger partial charge < -0.3 is 15.0 Å². The minimum absolute atomic E-state index is 0.0600. The lowest BCUT2D eigenvalue weighted by Crippen LogP contribution is -2.25. The molecule has 0 aliphatic carbocycles. The summed E-state index contributed by atoms with van der Waals surface area (Å²) < 4.78 is 5.28. The first-order chi connectivity index (χ1) is 11.5. The Balaban J connectivity index is 2.00. The van der Waals surface area contributed by atoms with Crippen LogP contribution in [0.15, 0.2) is 42.5 Å². The summed E-state index contributed by atoms with van der Waals surface area (Å²) in [4.78, 5) is 14.4. The summed E-state index contributed by atoms with van der Waals surface area (Å²) in [6, 6.07) is 13.4. The van der Waals surface area contributed by atoms with Gasteiger partial charge in [-0.3, -0.25) is 4.79 Å². The highest BCUT2D eigenvalue weighted by Crippen LogP contribution is 2.23. The second-order valence-electron chi connectivity index (χ2n) is 5.92. The second-order valence-corrected chi connectivity index (χ2v) is 6.35. The number of ether oxygens (including phenoxy) is 1. The van der Waals surface area contributed by atoms with Crippen LogP contribution in [0.4, 0.5) is 0 Å². The van der Waals surface area contributed by atoms with Crippen molar-refractivity contribution in [3.8, 4) is 5.75 Å². The van der Waals surface area contributed by atoms with Crippen LogP contribution in [-0.4, -0.2) is 32.0 Å². The molecule has 128 valence electrons. The molecule has 0 unspecified atom stereocenters. The molecule has 0 spiro atoms. The second kappa shape index (κ2) is 8.71. The van der Waals surface area contributed by atoms with Crippen molar-refractivity contribution in [2.45, 2.75) is 19.5 Å². The van der Waals surface area contributed by atoms with Crippen LogP contribution in [0.2, 0.25) is 5.02 Å². The number of amides is 1. The van der Waals surface area contributed by atoms with Gasteiger partial charge in [-0.15, -0.1) is 0 Å². The van der Waals surface area contributed by atoms with Gasteiger partial charge in [-0.25, -0.2) is 0 Å². The highest BCUT2D eigenvalue weighted by Gasteiger charge is 2.10. The molecule has 0 aliphatic rings. The Morgan fingerprint density at radius 2 is 1.83 bits per heavy atom. The van der Waals surface area contributed by atoms with Crippen molar-refractivity contribution in [1.29, 1.82) is 0 Å². The van der Waals surface area contributed by atoms with Gasteiger partial charge in [-0.1, -0.05) is 35.9 Å². The molecular formula is C19H23ClN2O2. The highest BCUT2D eigenvalue weighted by molar-refractivity contribution is 6.30. The molecule has 24 heavy (non-hydrogen) atoms. The van der Waals surface area contributed by atoms with Gasteiger partial charge in [-0.2, -0.15) is 0 Å². The number of halogens is 1. The van der Waals surface area contributed by atoms with Crippen LogP contribution in [0.5, 0.6) is 5.75 Å². The predicted octanol–water partition coefficient (Wildman–Crippen LogP) is 3.27. The van der Waals surface area contributed by atoms with E-state index in [2.05, 4.69) is 16.3 Å². The fourth-order valence-corrected chi connectivity index (χ4v) is 2.73. The number of benzene rings is 2. The summed E-state index contributed by atoms with van der Waals surface area (Å²) in [5, 5.41) is 3.57. The number of hydrogen-bond acceptors (Lipinski definition) is 3. The molecule has 1 amide bonds. The van der Waals surface area contributed by atoms with E-state index in [0.29, 0.717) is 17.3 Å². The van der Waals surface area contributed by atoms with Crippen LogP contribution >= 0.6 is 11.6 Å². The van der Waals surface area contributed by atoms with Crippen LogP contribution in [0.25, 0.3) is 0 Å². The Morgan fingerprint density at radius 3 is 2.50 bits per heavy atom. The first-order valence-electron chi connectivity index (χ1n) is 7.80. The number of rotatable bonds is 7. The standard InChI is InChI=1S/C19H23ClN2O2/c1-22(2)13-15-7-5-4-6-14(15)12-21-19(23)11-16-10-17(20)8-9-18(16)24-3/h4-10H,11-13H2,1-3H3,(H,21,23). The molecule has 0 aliphatic heterocycles. The summed E-state index contributed by atoms with van der Waals surface area (Å²) in [6.07, 6.45) is 0.236. The van der Waals surface area contributed by atoms with Crippen molar-refractivity contribution in [3.05, 3.63) is 64.2 Å². The average Bonchev–Trinajstić information content (AvgIpc) is 2.54. The molecule has 0 saturated carbocycles. The van der Waals surface area contributed by atoms with E-state index in [1.54, 1.807) is 25.3 Å². The van der Waals surface area contributed by atoms with E-state index in [4.69, 9.17) is 16.3 Å². The van der Waals surface area contributed by atoms with Gasteiger partial charge in [-0.05, 0) is 43.4 Å². The van der Waals surface area contributed by atoms with Crippen LogP contribution in [0, 0.1) is 0 Å². The molecule has 0 saturated heterocycles. The third-order valence-electron chi connectivity index (χ3n) is 3.67. The summed E-state index contributed by atoms with van der Waals surface area (Å²) in [6.45, 7) is 1.35. The van der Waals surface area contributed by atoms with Crippen LogP contribution in [0.1, 0.15) is 16.7 Å². The van der Waals surface area contributed by atoms with Crippen molar-refractivity contribution < 1.29 is 9.53 Å². The van der Waals surface area contributed by atoms with Gasteiger partial charge in [0.2, 0.25) is 5.91 Å². The molecular weight excluding hydrogens is 324 g/mol. The molecule has 0 fully saturated rings. The lowest BCUT2D eigenvalue weighted by Gasteiger charge is -2.15. The summed E-state index contributed by atoms with van der Waals surface area (Å²) >= 11 is 6.01. The van der Waals surface area contributed by atoms with E-state index in [-0.39, 0.29) is 12.3 Å². The maximum Gasteiger partial charge on any atom is 0.224 e. The smallest absolute Gasteiger partial charge is 0.224 e. The first-order valence-corrected chi connectivity index (χ1v) is 8.18. The topological polar surface area (TPSA) is 41.6 Å². The zero-order valence-corrected chi connectivity index (χ0v) is 15.1. The van der Waals surface area contributed by atoms with E-state index < -0.39 is 0 Å². The monoisotopic (exact) mass is 346 g/mol. The number of nitrogens with zero attached hydrogens (tertiary/aromatic N) is 1. The molecule has 1 N–H and O–H groups in total. The summed E-state index contributed by atoms with van der Waals surface area (Å²) in [5.41, 5.74) is 3.12. The van der Waals surface area contributed by atoms with Crippen LogP contribution < -0.4 is 10.1 Å². The number of nitrogens with one attached hydrogen (secondary N) is 1. The maximum atomic E-state index is 12.3. The third-order valence-corrected chi connectivity index (χ3v) is 3.91. The van der Waals surface area contributed by atoms with E-state index in [0.717, 1.165) is 17.7 Å². The fraction of sp³-hybridized carbons (Fsp3) is 0.316. The molecule has 2 aromatic carbocycles. The van der Waals surface area contributed by atoms with Crippen molar-refractivity contribution >= 4 is 17.5 Å². The summed E-state index contributed by atoms with van der Waals surface area (Å²) in [7, 11) is 5.64.